The fourth-order valence-electron chi connectivity index (χ4n) is 4.32. The van der Waals surface area contributed by atoms with E-state index in [1.807, 2.05) is 61.5 Å². The van der Waals surface area contributed by atoms with Crippen LogP contribution in [0.5, 0.6) is 5.75 Å². The van der Waals surface area contributed by atoms with E-state index in [2.05, 4.69) is 0 Å². The van der Waals surface area contributed by atoms with Crippen LogP contribution in [0, 0.1) is 11.3 Å². The molecule has 0 fully saturated rings. The van der Waals surface area contributed by atoms with Gasteiger partial charge in [0.15, 0.2) is 5.78 Å². The van der Waals surface area contributed by atoms with Gasteiger partial charge in [0.05, 0.1) is 18.2 Å². The predicted molar refractivity (Wildman–Crippen MR) is 155 cm³/mol. The van der Waals surface area contributed by atoms with Crippen molar-refractivity contribution in [1.29, 1.82) is 0 Å². The summed E-state index contributed by atoms with van der Waals surface area (Å²) in [6, 6.07) is 13.5. The molecule has 0 N–H and O–H groups in total. The summed E-state index contributed by atoms with van der Waals surface area (Å²) in [7, 11) is 0. The average Bonchev–Trinajstić information content (AvgIpc) is 2.93. The van der Waals surface area contributed by atoms with Crippen LogP contribution >= 0.6 is 0 Å². The summed E-state index contributed by atoms with van der Waals surface area (Å²) in [6.07, 6.45) is 1.55. The van der Waals surface area contributed by atoms with Gasteiger partial charge in [0.1, 0.15) is 12.4 Å². The second-order valence-electron chi connectivity index (χ2n) is 10.7. The van der Waals surface area contributed by atoms with Crippen LogP contribution in [-0.4, -0.2) is 60.0 Å². The minimum absolute atomic E-state index is 0.0343. The Morgan fingerprint density at radius 3 is 1.95 bits per heavy atom. The van der Waals surface area contributed by atoms with Crippen LogP contribution < -0.4 is 4.74 Å². The highest BCUT2D eigenvalue weighted by Gasteiger charge is 2.37. The molecule has 7 nitrogen and oxygen atoms in total. The molecular weight excluding hydrogens is 492 g/mol. The van der Waals surface area contributed by atoms with Gasteiger partial charge in [-0.1, -0.05) is 58.9 Å². The van der Waals surface area contributed by atoms with Gasteiger partial charge >= 0.3 is 0 Å². The summed E-state index contributed by atoms with van der Waals surface area (Å²) in [5.41, 5.74) is 1.07. The highest BCUT2D eigenvalue weighted by molar-refractivity contribution is 6.02. The highest BCUT2D eigenvalue weighted by atomic mass is 16.5. The van der Waals surface area contributed by atoms with Crippen LogP contribution in [0.2, 0.25) is 0 Å². The first-order valence-corrected chi connectivity index (χ1v) is 14.1. The Bertz CT molecular complexity index is 1090. The maximum atomic E-state index is 14.0. The first-order valence-electron chi connectivity index (χ1n) is 14.1. The number of para-hydroxylation sites is 1. The second kappa shape index (κ2) is 14.8. The number of ketones is 1. The lowest BCUT2D eigenvalue weighted by molar-refractivity contribution is -0.0401. The number of hydrazine groups is 1. The summed E-state index contributed by atoms with van der Waals surface area (Å²) in [4.78, 5) is 40.8. The SMILES string of the molecule is CCOCCOc1ccccc1C(=O)N(CC)N(C(=O)c1ccc(C(=O)C(CC)CC)cc1)C(C)C(C)(C)C. The van der Waals surface area contributed by atoms with E-state index in [1.165, 1.54) is 5.01 Å². The zero-order valence-corrected chi connectivity index (χ0v) is 25.0. The standard InChI is InChI=1S/C32H46N2O5/c1-9-24(10-2)29(35)25-17-19-26(20-18-25)30(36)34(23(5)32(6,7)8)33(11-3)31(37)27-15-13-14-16-28(27)39-22-21-38-12-4/h13-20,23-24H,9-12,21-22H2,1-8H3. The largest absolute Gasteiger partial charge is 0.490 e. The zero-order chi connectivity index (χ0) is 29.2. The van der Waals surface area contributed by atoms with Crippen LogP contribution in [0.4, 0.5) is 0 Å². The van der Waals surface area contributed by atoms with Crippen molar-refractivity contribution in [1.82, 2.24) is 10.0 Å². The molecule has 0 saturated carbocycles. The second-order valence-corrected chi connectivity index (χ2v) is 10.7. The van der Waals surface area contributed by atoms with Gasteiger partial charge in [-0.2, -0.15) is 0 Å². The normalized spacial score (nSPS) is 12.2. The number of ether oxygens (including phenoxy) is 2. The molecule has 0 aliphatic heterocycles. The number of hydrogen-bond donors (Lipinski definition) is 0. The molecule has 0 aliphatic rings. The number of nitrogens with zero attached hydrogens (tertiary/aromatic N) is 2. The molecule has 1 atom stereocenters. The van der Waals surface area contributed by atoms with Crippen molar-refractivity contribution in [3.8, 4) is 5.75 Å². The fourth-order valence-corrected chi connectivity index (χ4v) is 4.32. The number of amides is 2. The quantitative estimate of drug-likeness (QED) is 0.162. The van der Waals surface area contributed by atoms with E-state index in [1.54, 1.807) is 47.5 Å². The number of hydrogen-bond acceptors (Lipinski definition) is 5. The Morgan fingerprint density at radius 1 is 0.821 bits per heavy atom. The lowest BCUT2D eigenvalue weighted by atomic mass is 9.87. The number of Topliss-reactive ketones (excluding diaryl/α,β-unsaturated/α-hetero) is 1. The van der Waals surface area contributed by atoms with Crippen LogP contribution in [0.25, 0.3) is 0 Å². The molecule has 39 heavy (non-hydrogen) atoms. The molecule has 214 valence electrons. The monoisotopic (exact) mass is 538 g/mol. The molecule has 0 radical (unpaired) electrons. The van der Waals surface area contributed by atoms with Gasteiger partial charge in [0.2, 0.25) is 0 Å². The number of benzene rings is 2. The minimum atomic E-state index is -0.325. The van der Waals surface area contributed by atoms with Crippen molar-refractivity contribution < 1.29 is 23.9 Å². The van der Waals surface area contributed by atoms with Crippen LogP contribution in [0.1, 0.15) is 99.3 Å². The molecule has 0 aliphatic carbocycles. The topological polar surface area (TPSA) is 76.2 Å². The van der Waals surface area contributed by atoms with Crippen molar-refractivity contribution in [3.63, 3.8) is 0 Å². The van der Waals surface area contributed by atoms with E-state index in [4.69, 9.17) is 9.47 Å². The zero-order valence-electron chi connectivity index (χ0n) is 25.0. The third kappa shape index (κ3) is 8.15. The lowest BCUT2D eigenvalue weighted by Crippen LogP contribution is -2.57. The van der Waals surface area contributed by atoms with E-state index in [0.29, 0.717) is 42.3 Å². The Labute approximate surface area is 234 Å². The molecule has 0 aromatic heterocycles. The summed E-state index contributed by atoms with van der Waals surface area (Å²) >= 11 is 0. The van der Waals surface area contributed by atoms with E-state index >= 15 is 0 Å². The van der Waals surface area contributed by atoms with E-state index in [0.717, 1.165) is 12.8 Å². The van der Waals surface area contributed by atoms with Gasteiger partial charge in [-0.05, 0) is 63.3 Å². The Hall–Kier alpha value is -3.19. The van der Waals surface area contributed by atoms with Crippen molar-refractivity contribution in [2.45, 2.75) is 74.3 Å². The van der Waals surface area contributed by atoms with Gasteiger partial charge in [0.25, 0.3) is 11.8 Å². The molecule has 0 spiro atoms. The Kier molecular flexibility index (Phi) is 12.2. The van der Waals surface area contributed by atoms with E-state index < -0.39 is 0 Å². The number of carbonyl (C=O) groups is 3. The van der Waals surface area contributed by atoms with Gasteiger partial charge in [-0.3, -0.25) is 14.4 Å². The minimum Gasteiger partial charge on any atom is -0.490 e. The molecular formula is C32H46N2O5. The Morgan fingerprint density at radius 2 is 1.41 bits per heavy atom. The van der Waals surface area contributed by atoms with Crippen LogP contribution in [0.15, 0.2) is 48.5 Å². The molecule has 7 heteroatoms. The summed E-state index contributed by atoms with van der Waals surface area (Å²) in [6.45, 7) is 17.4. The third-order valence-corrected chi connectivity index (χ3v) is 7.20. The summed E-state index contributed by atoms with van der Waals surface area (Å²) < 4.78 is 11.2. The van der Waals surface area contributed by atoms with Crippen LogP contribution in [0.3, 0.4) is 0 Å². The van der Waals surface area contributed by atoms with E-state index in [9.17, 15) is 14.4 Å². The fraction of sp³-hybridized carbons (Fsp3) is 0.531. The maximum absolute atomic E-state index is 14.0. The molecule has 2 amide bonds. The number of carbonyl (C=O) groups excluding carboxylic acids is 3. The molecule has 1 unspecified atom stereocenters. The van der Waals surface area contributed by atoms with Gasteiger partial charge in [0, 0.05) is 30.2 Å². The molecule has 2 rings (SSSR count). The first-order chi connectivity index (χ1) is 18.5. The Balaban J connectivity index is 2.45. The number of rotatable bonds is 13. The summed E-state index contributed by atoms with van der Waals surface area (Å²) in [5, 5.41) is 3.04. The van der Waals surface area contributed by atoms with Gasteiger partial charge < -0.3 is 9.47 Å². The van der Waals surface area contributed by atoms with Crippen molar-refractivity contribution in [2.75, 3.05) is 26.4 Å². The van der Waals surface area contributed by atoms with Crippen molar-refractivity contribution in [2.24, 2.45) is 11.3 Å². The van der Waals surface area contributed by atoms with Gasteiger partial charge in [-0.15, -0.1) is 0 Å². The predicted octanol–water partition coefficient (Wildman–Crippen LogP) is 6.67. The smallest absolute Gasteiger partial charge is 0.276 e. The van der Waals surface area contributed by atoms with Crippen molar-refractivity contribution in [3.05, 3.63) is 65.2 Å². The average molecular weight is 539 g/mol. The lowest BCUT2D eigenvalue weighted by Gasteiger charge is -2.43. The van der Waals surface area contributed by atoms with Crippen molar-refractivity contribution >= 4 is 17.6 Å². The first kappa shape index (κ1) is 32.0. The molecule has 0 heterocycles. The van der Waals surface area contributed by atoms with E-state index in [-0.39, 0.29) is 41.5 Å². The molecule has 2 aromatic rings. The third-order valence-electron chi connectivity index (χ3n) is 7.20. The summed E-state index contributed by atoms with van der Waals surface area (Å²) in [5.74, 6) is -0.127. The van der Waals surface area contributed by atoms with Gasteiger partial charge in [-0.25, -0.2) is 10.0 Å². The molecule has 0 bridgehead atoms. The van der Waals surface area contributed by atoms with Crippen LogP contribution in [-0.2, 0) is 4.74 Å². The maximum Gasteiger partial charge on any atom is 0.276 e. The highest BCUT2D eigenvalue weighted by Crippen LogP contribution is 2.29. The molecule has 2 aromatic carbocycles. The molecule has 0 saturated heterocycles.